The zero-order valence-electron chi connectivity index (χ0n) is 33.7. The molecule has 7 aromatic rings. The quantitative estimate of drug-likeness (QED) is 0.0855. The third kappa shape index (κ3) is 8.99. The van der Waals surface area contributed by atoms with Crippen molar-refractivity contribution in [2.45, 2.75) is 106 Å². The van der Waals surface area contributed by atoms with E-state index in [9.17, 15) is 0 Å². The second-order valence-corrected chi connectivity index (χ2v) is 16.4. The van der Waals surface area contributed by atoms with Crippen molar-refractivity contribution in [2.24, 2.45) is 5.41 Å². The number of fused-ring (bicyclic) bond motifs is 3. The van der Waals surface area contributed by atoms with Crippen LogP contribution in [-0.4, -0.2) is 19.3 Å². The van der Waals surface area contributed by atoms with Gasteiger partial charge in [-0.05, 0) is 90.9 Å². The Morgan fingerprint density at radius 2 is 1.62 bits per heavy atom. The SMILES string of the molecule is CCCCCc1cc(Oc2[c-]c3c(cc2)c2cc(C(C)CCCC(C)(C)C)ccc2n3-c2cc(C)ccn2)[c-]c(-n2nc(C)c(-c3ccccc3)c2C)c1.[Pt+2]. The van der Waals surface area contributed by atoms with Gasteiger partial charge in [-0.25, -0.2) is 4.98 Å². The summed E-state index contributed by atoms with van der Waals surface area (Å²) in [5.41, 5.74) is 11.4. The van der Waals surface area contributed by atoms with Crippen molar-refractivity contribution in [3.63, 3.8) is 0 Å². The fourth-order valence-corrected chi connectivity index (χ4v) is 7.79. The molecule has 286 valence electrons. The zero-order valence-corrected chi connectivity index (χ0v) is 36.0. The molecule has 0 saturated carbocycles. The van der Waals surface area contributed by atoms with Crippen LogP contribution in [0.15, 0.2) is 91.1 Å². The van der Waals surface area contributed by atoms with Crippen molar-refractivity contribution >= 4 is 21.8 Å². The molecule has 55 heavy (non-hydrogen) atoms. The van der Waals surface area contributed by atoms with Crippen LogP contribution in [0, 0.1) is 38.3 Å². The summed E-state index contributed by atoms with van der Waals surface area (Å²) in [4.78, 5) is 4.83. The van der Waals surface area contributed by atoms with Gasteiger partial charge in [-0.15, -0.1) is 35.7 Å². The molecule has 7 rings (SSSR count). The Hall–Kier alpha value is -4.47. The van der Waals surface area contributed by atoms with Crippen molar-refractivity contribution in [2.75, 3.05) is 0 Å². The van der Waals surface area contributed by atoms with Crippen molar-refractivity contribution in [1.29, 1.82) is 0 Å². The molecule has 0 N–H and O–H groups in total. The van der Waals surface area contributed by atoms with E-state index >= 15 is 0 Å². The predicted molar refractivity (Wildman–Crippen MR) is 224 cm³/mol. The Labute approximate surface area is 342 Å². The van der Waals surface area contributed by atoms with Gasteiger partial charge >= 0.3 is 21.1 Å². The maximum absolute atomic E-state index is 6.72. The van der Waals surface area contributed by atoms with Crippen molar-refractivity contribution in [3.8, 4) is 34.1 Å². The number of benzene rings is 4. The maximum atomic E-state index is 6.72. The summed E-state index contributed by atoms with van der Waals surface area (Å²) in [6, 6.07) is 37.5. The Balaban J connectivity index is 0.00000514. The number of unbranched alkanes of at least 4 members (excludes halogenated alkanes) is 2. The van der Waals surface area contributed by atoms with Crippen LogP contribution < -0.4 is 4.74 Å². The molecule has 5 nitrogen and oxygen atoms in total. The van der Waals surface area contributed by atoms with Gasteiger partial charge in [0.1, 0.15) is 5.82 Å². The molecule has 0 bridgehead atoms. The van der Waals surface area contributed by atoms with Gasteiger partial charge in [-0.3, -0.25) is 4.68 Å². The third-order valence-electron chi connectivity index (χ3n) is 10.7. The van der Waals surface area contributed by atoms with Crippen LogP contribution in [0.3, 0.4) is 0 Å². The molecular formula is C49H54N4OPt. The van der Waals surface area contributed by atoms with E-state index in [0.717, 1.165) is 68.8 Å². The molecule has 0 radical (unpaired) electrons. The number of rotatable bonds is 13. The van der Waals surface area contributed by atoms with Crippen LogP contribution >= 0.6 is 0 Å². The van der Waals surface area contributed by atoms with E-state index < -0.39 is 0 Å². The third-order valence-corrected chi connectivity index (χ3v) is 10.7. The van der Waals surface area contributed by atoms with Crippen LogP contribution in [0.5, 0.6) is 11.5 Å². The molecule has 0 amide bonds. The van der Waals surface area contributed by atoms with E-state index in [1.807, 2.05) is 23.0 Å². The van der Waals surface area contributed by atoms with Crippen molar-refractivity contribution in [3.05, 3.63) is 131 Å². The first-order valence-corrected chi connectivity index (χ1v) is 19.8. The van der Waals surface area contributed by atoms with Crippen molar-refractivity contribution < 1.29 is 25.8 Å². The smallest absolute Gasteiger partial charge is 0.509 e. The van der Waals surface area contributed by atoms with Crippen LogP contribution in [0.4, 0.5) is 0 Å². The van der Waals surface area contributed by atoms with Gasteiger partial charge in [0.25, 0.3) is 0 Å². The molecule has 1 unspecified atom stereocenters. The summed E-state index contributed by atoms with van der Waals surface area (Å²) < 4.78 is 11.0. The molecular weight excluding hydrogens is 856 g/mol. The van der Waals surface area contributed by atoms with Gasteiger partial charge < -0.3 is 9.30 Å². The van der Waals surface area contributed by atoms with Crippen LogP contribution in [0.25, 0.3) is 44.4 Å². The van der Waals surface area contributed by atoms with E-state index in [-0.39, 0.29) is 21.1 Å². The van der Waals surface area contributed by atoms with E-state index in [4.69, 9.17) is 14.8 Å². The molecule has 4 aromatic carbocycles. The minimum atomic E-state index is 0. The fraction of sp³-hybridized carbons (Fsp3) is 0.347. The van der Waals surface area contributed by atoms with Gasteiger partial charge in [-0.2, -0.15) is 16.7 Å². The molecule has 0 saturated heterocycles. The summed E-state index contributed by atoms with van der Waals surface area (Å²) in [6.45, 7) is 17.9. The standard InChI is InChI=1S/C49H54N4O.Pt/c1-9-10-12-17-37-28-40(53-36(5)48(35(4)51-53)38-18-13-11-14-19-38)31-42(29-37)54-41-21-22-43-44-30-39(34(3)16-15-25-49(6,7)8)20-23-45(44)52(46(43)32-41)47-27-33(2)24-26-50-47;/h11,13-14,18-24,26-30,34H,9-10,12,15-17,25H2,1-8H3;/q-2;+2. The average molecular weight is 910 g/mol. The Kier molecular flexibility index (Phi) is 12.5. The molecule has 0 aliphatic carbocycles. The Morgan fingerprint density at radius 3 is 2.36 bits per heavy atom. The number of pyridine rings is 1. The molecule has 0 fully saturated rings. The van der Waals surface area contributed by atoms with E-state index in [1.54, 1.807) is 0 Å². The minimum absolute atomic E-state index is 0. The van der Waals surface area contributed by atoms with Gasteiger partial charge in [0.2, 0.25) is 0 Å². The zero-order chi connectivity index (χ0) is 38.0. The largest absolute Gasteiger partial charge is 2.00 e. The summed E-state index contributed by atoms with van der Waals surface area (Å²) in [5, 5.41) is 7.37. The fourth-order valence-electron chi connectivity index (χ4n) is 7.79. The van der Waals surface area contributed by atoms with E-state index in [1.165, 1.54) is 48.6 Å². The molecule has 0 aliphatic rings. The molecule has 0 aliphatic heterocycles. The first-order valence-electron chi connectivity index (χ1n) is 19.8. The summed E-state index contributed by atoms with van der Waals surface area (Å²) in [5.74, 6) is 2.64. The number of ether oxygens (including phenoxy) is 1. The summed E-state index contributed by atoms with van der Waals surface area (Å²) in [6.07, 6.45) is 9.94. The summed E-state index contributed by atoms with van der Waals surface area (Å²) >= 11 is 0. The van der Waals surface area contributed by atoms with Gasteiger partial charge in [-0.1, -0.05) is 115 Å². The molecule has 6 heteroatoms. The second kappa shape index (κ2) is 17.1. The minimum Gasteiger partial charge on any atom is -0.509 e. The van der Waals surface area contributed by atoms with Crippen LogP contribution in [0.1, 0.15) is 107 Å². The van der Waals surface area contributed by atoms with E-state index in [0.29, 0.717) is 22.8 Å². The Bertz CT molecular complexity index is 2400. The second-order valence-electron chi connectivity index (χ2n) is 16.4. The first kappa shape index (κ1) is 40.2. The summed E-state index contributed by atoms with van der Waals surface area (Å²) in [7, 11) is 0. The number of aromatic nitrogens is 4. The number of hydrogen-bond acceptors (Lipinski definition) is 3. The monoisotopic (exact) mass is 909 g/mol. The van der Waals surface area contributed by atoms with Gasteiger partial charge in [0.05, 0.1) is 5.69 Å². The average Bonchev–Trinajstić information content (AvgIpc) is 3.63. The predicted octanol–water partition coefficient (Wildman–Crippen LogP) is 13.4. The van der Waals surface area contributed by atoms with Crippen molar-refractivity contribution in [1.82, 2.24) is 19.3 Å². The number of aryl methyl sites for hydroxylation is 3. The molecule has 3 aromatic heterocycles. The van der Waals surface area contributed by atoms with Crippen LogP contribution in [0.2, 0.25) is 0 Å². The van der Waals surface area contributed by atoms with Gasteiger partial charge in [0.15, 0.2) is 0 Å². The number of hydrogen-bond donors (Lipinski definition) is 0. The normalized spacial score (nSPS) is 12.3. The molecule has 3 heterocycles. The maximum Gasteiger partial charge on any atom is 2.00 e. The topological polar surface area (TPSA) is 44.9 Å². The van der Waals surface area contributed by atoms with Crippen LogP contribution in [-0.2, 0) is 27.5 Å². The number of nitrogens with zero attached hydrogens (tertiary/aromatic N) is 4. The molecule has 0 spiro atoms. The molecule has 1 atom stereocenters. The first-order chi connectivity index (χ1) is 26.0. The van der Waals surface area contributed by atoms with E-state index in [2.05, 4.69) is 145 Å². The Morgan fingerprint density at radius 1 is 0.818 bits per heavy atom. The van der Waals surface area contributed by atoms with Gasteiger partial charge in [0, 0.05) is 34.5 Å².